The maximum absolute atomic E-state index is 11.7. The molecule has 0 fully saturated rings. The SMILES string of the molecule is COc1ccc2cc(CNS(=O)(=O)C(C)C)ccc2c1. The highest BCUT2D eigenvalue weighted by Crippen LogP contribution is 2.21. The second kappa shape index (κ2) is 5.81. The zero-order valence-corrected chi connectivity index (χ0v) is 12.7. The van der Waals surface area contributed by atoms with Crippen LogP contribution in [0, 0.1) is 0 Å². The van der Waals surface area contributed by atoms with Crippen LogP contribution in [0.3, 0.4) is 0 Å². The van der Waals surface area contributed by atoms with E-state index in [1.807, 2.05) is 36.4 Å². The van der Waals surface area contributed by atoms with Crippen molar-refractivity contribution in [2.75, 3.05) is 7.11 Å². The molecule has 20 heavy (non-hydrogen) atoms. The Morgan fingerprint density at radius 3 is 2.40 bits per heavy atom. The number of hydrogen-bond donors (Lipinski definition) is 1. The van der Waals surface area contributed by atoms with E-state index in [-0.39, 0.29) is 0 Å². The maximum Gasteiger partial charge on any atom is 0.214 e. The molecule has 0 atom stereocenters. The van der Waals surface area contributed by atoms with Crippen molar-refractivity contribution in [1.82, 2.24) is 4.72 Å². The number of benzene rings is 2. The molecule has 5 heteroatoms. The van der Waals surface area contributed by atoms with E-state index in [2.05, 4.69) is 4.72 Å². The first-order valence-electron chi connectivity index (χ1n) is 6.47. The number of sulfonamides is 1. The molecule has 1 N–H and O–H groups in total. The van der Waals surface area contributed by atoms with Gasteiger partial charge in [0.05, 0.1) is 12.4 Å². The minimum absolute atomic E-state index is 0.308. The number of nitrogens with one attached hydrogen (secondary N) is 1. The first-order valence-corrected chi connectivity index (χ1v) is 8.02. The van der Waals surface area contributed by atoms with Gasteiger partial charge < -0.3 is 4.74 Å². The lowest BCUT2D eigenvalue weighted by Gasteiger charge is -2.10. The van der Waals surface area contributed by atoms with E-state index in [1.165, 1.54) is 0 Å². The number of methoxy groups -OCH3 is 1. The predicted octanol–water partition coefficient (Wildman–Crippen LogP) is 2.68. The molecule has 108 valence electrons. The zero-order valence-electron chi connectivity index (χ0n) is 11.9. The van der Waals surface area contributed by atoms with Gasteiger partial charge in [-0.25, -0.2) is 13.1 Å². The van der Waals surface area contributed by atoms with E-state index < -0.39 is 15.3 Å². The van der Waals surface area contributed by atoms with Crippen LogP contribution in [-0.4, -0.2) is 20.8 Å². The van der Waals surface area contributed by atoms with Crippen molar-refractivity contribution in [2.45, 2.75) is 25.6 Å². The van der Waals surface area contributed by atoms with Crippen LogP contribution in [0.1, 0.15) is 19.4 Å². The average Bonchev–Trinajstić information content (AvgIpc) is 2.44. The summed E-state index contributed by atoms with van der Waals surface area (Å²) in [5.74, 6) is 0.811. The van der Waals surface area contributed by atoms with Gasteiger partial charge in [-0.2, -0.15) is 0 Å². The normalized spacial score (nSPS) is 12.0. The standard InChI is InChI=1S/C15H19NO3S/c1-11(2)20(17,18)16-10-12-4-5-14-9-15(19-3)7-6-13(14)8-12/h4-9,11,16H,10H2,1-3H3. The first kappa shape index (κ1) is 14.8. The molecule has 0 amide bonds. The Labute approximate surface area is 119 Å². The summed E-state index contributed by atoms with van der Waals surface area (Å²) in [5, 5.41) is 1.71. The fourth-order valence-corrected chi connectivity index (χ4v) is 2.56. The molecule has 0 saturated heterocycles. The summed E-state index contributed by atoms with van der Waals surface area (Å²) in [5.41, 5.74) is 0.937. The smallest absolute Gasteiger partial charge is 0.214 e. The van der Waals surface area contributed by atoms with Crippen molar-refractivity contribution in [2.24, 2.45) is 0 Å². The Morgan fingerprint density at radius 1 is 1.10 bits per heavy atom. The van der Waals surface area contributed by atoms with E-state index in [9.17, 15) is 8.42 Å². The van der Waals surface area contributed by atoms with Crippen LogP contribution in [-0.2, 0) is 16.6 Å². The van der Waals surface area contributed by atoms with E-state index in [0.717, 1.165) is 22.1 Å². The van der Waals surface area contributed by atoms with Crippen molar-refractivity contribution in [1.29, 1.82) is 0 Å². The molecule has 0 aliphatic rings. The summed E-state index contributed by atoms with van der Waals surface area (Å²) in [6, 6.07) is 11.7. The molecule has 0 heterocycles. The van der Waals surface area contributed by atoms with Crippen molar-refractivity contribution < 1.29 is 13.2 Å². The highest BCUT2D eigenvalue weighted by Gasteiger charge is 2.14. The molecule has 2 aromatic carbocycles. The number of rotatable bonds is 5. The number of fused-ring (bicyclic) bond motifs is 1. The van der Waals surface area contributed by atoms with Gasteiger partial charge in [0.25, 0.3) is 0 Å². The molecule has 2 rings (SSSR count). The summed E-state index contributed by atoms with van der Waals surface area (Å²) in [4.78, 5) is 0. The quantitative estimate of drug-likeness (QED) is 0.922. The molecule has 0 bridgehead atoms. The van der Waals surface area contributed by atoms with Crippen molar-refractivity contribution in [3.63, 3.8) is 0 Å². The molecule has 0 saturated carbocycles. The Kier molecular flexibility index (Phi) is 4.30. The minimum Gasteiger partial charge on any atom is -0.497 e. The lowest BCUT2D eigenvalue weighted by molar-refractivity contribution is 0.415. The van der Waals surface area contributed by atoms with E-state index in [0.29, 0.717) is 6.54 Å². The van der Waals surface area contributed by atoms with E-state index >= 15 is 0 Å². The Bertz CT molecular complexity index is 708. The van der Waals surface area contributed by atoms with Gasteiger partial charge in [0.15, 0.2) is 0 Å². The molecule has 0 aliphatic heterocycles. The fourth-order valence-electron chi connectivity index (χ4n) is 1.86. The maximum atomic E-state index is 11.7. The average molecular weight is 293 g/mol. The van der Waals surface area contributed by atoms with Gasteiger partial charge in [-0.1, -0.05) is 18.2 Å². The van der Waals surface area contributed by atoms with Gasteiger partial charge in [-0.3, -0.25) is 0 Å². The zero-order chi connectivity index (χ0) is 14.8. The summed E-state index contributed by atoms with van der Waals surface area (Å²) in [6.07, 6.45) is 0. The highest BCUT2D eigenvalue weighted by atomic mass is 32.2. The van der Waals surface area contributed by atoms with E-state index in [4.69, 9.17) is 4.74 Å². The third-order valence-corrected chi connectivity index (χ3v) is 5.00. The van der Waals surface area contributed by atoms with Gasteiger partial charge in [-0.05, 0) is 48.4 Å². The minimum atomic E-state index is -3.23. The van der Waals surface area contributed by atoms with Crippen LogP contribution in [0.15, 0.2) is 36.4 Å². The van der Waals surface area contributed by atoms with Gasteiger partial charge in [0.2, 0.25) is 10.0 Å². The summed E-state index contributed by atoms with van der Waals surface area (Å²) < 4.78 is 31.2. The molecule has 2 aromatic rings. The molecular weight excluding hydrogens is 274 g/mol. The summed E-state index contributed by atoms with van der Waals surface area (Å²) >= 11 is 0. The summed E-state index contributed by atoms with van der Waals surface area (Å²) in [6.45, 7) is 3.63. The third-order valence-electron chi connectivity index (χ3n) is 3.21. The molecule has 0 spiro atoms. The van der Waals surface area contributed by atoms with Gasteiger partial charge in [-0.15, -0.1) is 0 Å². The van der Waals surface area contributed by atoms with Crippen LogP contribution in [0.4, 0.5) is 0 Å². The largest absolute Gasteiger partial charge is 0.497 e. The predicted molar refractivity (Wildman–Crippen MR) is 81.4 cm³/mol. The molecule has 0 aromatic heterocycles. The fraction of sp³-hybridized carbons (Fsp3) is 0.333. The lowest BCUT2D eigenvalue weighted by atomic mass is 10.1. The highest BCUT2D eigenvalue weighted by molar-refractivity contribution is 7.90. The Balaban J connectivity index is 2.20. The second-order valence-electron chi connectivity index (χ2n) is 4.96. The van der Waals surface area contributed by atoms with Crippen molar-refractivity contribution in [3.8, 4) is 5.75 Å². The lowest BCUT2D eigenvalue weighted by Crippen LogP contribution is -2.30. The van der Waals surface area contributed by atoms with Crippen LogP contribution in [0.25, 0.3) is 10.8 Å². The van der Waals surface area contributed by atoms with E-state index in [1.54, 1.807) is 21.0 Å². The third kappa shape index (κ3) is 3.29. The van der Waals surface area contributed by atoms with Gasteiger partial charge >= 0.3 is 0 Å². The number of ether oxygens (including phenoxy) is 1. The van der Waals surface area contributed by atoms with Gasteiger partial charge in [0, 0.05) is 6.54 Å². The van der Waals surface area contributed by atoms with Crippen molar-refractivity contribution >= 4 is 20.8 Å². The van der Waals surface area contributed by atoms with Gasteiger partial charge in [0.1, 0.15) is 5.75 Å². The van der Waals surface area contributed by atoms with Crippen LogP contribution >= 0.6 is 0 Å². The Hall–Kier alpha value is -1.59. The Morgan fingerprint density at radius 2 is 1.75 bits per heavy atom. The van der Waals surface area contributed by atoms with Crippen LogP contribution in [0.5, 0.6) is 5.75 Å². The molecule has 0 unspecified atom stereocenters. The van der Waals surface area contributed by atoms with Crippen LogP contribution < -0.4 is 9.46 Å². The number of hydrogen-bond acceptors (Lipinski definition) is 3. The molecule has 0 radical (unpaired) electrons. The molecule has 4 nitrogen and oxygen atoms in total. The molecular formula is C15H19NO3S. The van der Waals surface area contributed by atoms with Crippen molar-refractivity contribution in [3.05, 3.63) is 42.0 Å². The van der Waals surface area contributed by atoms with Crippen LogP contribution in [0.2, 0.25) is 0 Å². The molecule has 0 aliphatic carbocycles. The summed E-state index contributed by atoms with van der Waals surface area (Å²) in [7, 11) is -1.60. The monoisotopic (exact) mass is 293 g/mol. The second-order valence-corrected chi connectivity index (χ2v) is 7.28. The first-order chi connectivity index (χ1) is 9.42. The topological polar surface area (TPSA) is 55.4 Å².